The Balaban J connectivity index is 3.60. The van der Waals surface area contributed by atoms with Crippen molar-refractivity contribution in [2.75, 3.05) is 20.8 Å². The Morgan fingerprint density at radius 3 is 2.12 bits per heavy atom. The molecule has 0 saturated carbocycles. The van der Waals surface area contributed by atoms with Crippen LogP contribution in [0.5, 0.6) is 11.5 Å². The molecule has 0 bridgehead atoms. The third kappa shape index (κ3) is 2.34. The van der Waals surface area contributed by atoms with Crippen LogP contribution in [-0.4, -0.2) is 25.9 Å². The molecule has 0 aliphatic heterocycles. The van der Waals surface area contributed by atoms with E-state index in [0.717, 1.165) is 16.7 Å². The lowest BCUT2D eigenvalue weighted by Gasteiger charge is -2.22. The summed E-state index contributed by atoms with van der Waals surface area (Å²) in [6, 6.07) is -0.519. The number of ether oxygens (including phenoxy) is 2. The summed E-state index contributed by atoms with van der Waals surface area (Å²) < 4.78 is 10.6. The van der Waals surface area contributed by atoms with Gasteiger partial charge < -0.3 is 20.3 Å². The van der Waals surface area contributed by atoms with E-state index in [0.29, 0.717) is 16.5 Å². The number of hydrogen-bond acceptors (Lipinski definition) is 4. The first-order chi connectivity index (χ1) is 7.99. The van der Waals surface area contributed by atoms with Gasteiger partial charge in [-0.15, -0.1) is 0 Å². The van der Waals surface area contributed by atoms with Crippen LogP contribution in [0.3, 0.4) is 0 Å². The first kappa shape index (κ1) is 14.1. The van der Waals surface area contributed by atoms with Crippen LogP contribution in [-0.2, 0) is 0 Å². The summed E-state index contributed by atoms with van der Waals surface area (Å²) in [5.41, 5.74) is 8.17. The average molecular weight is 260 g/mol. The third-order valence-electron chi connectivity index (χ3n) is 2.83. The van der Waals surface area contributed by atoms with E-state index < -0.39 is 6.04 Å². The predicted octanol–water partition coefficient (Wildman–Crippen LogP) is 1.97. The van der Waals surface area contributed by atoms with E-state index in [1.165, 1.54) is 0 Å². The van der Waals surface area contributed by atoms with Gasteiger partial charge in [0.25, 0.3) is 0 Å². The second-order valence-corrected chi connectivity index (χ2v) is 4.21. The SMILES string of the molecule is COc1c(C)c(C(N)CO)c(OC)c(C)c1Cl. The molecule has 1 atom stereocenters. The highest BCUT2D eigenvalue weighted by molar-refractivity contribution is 6.33. The monoisotopic (exact) mass is 259 g/mol. The summed E-state index contributed by atoms with van der Waals surface area (Å²) in [5.74, 6) is 1.18. The Labute approximate surface area is 106 Å². The number of methoxy groups -OCH3 is 2. The van der Waals surface area contributed by atoms with Crippen molar-refractivity contribution in [1.82, 2.24) is 0 Å². The van der Waals surface area contributed by atoms with Gasteiger partial charge in [0.1, 0.15) is 11.5 Å². The highest BCUT2D eigenvalue weighted by Gasteiger charge is 2.23. The number of nitrogens with two attached hydrogens (primary N) is 1. The number of benzene rings is 1. The Kier molecular flexibility index (Phi) is 4.62. The van der Waals surface area contributed by atoms with Crippen molar-refractivity contribution in [2.45, 2.75) is 19.9 Å². The summed E-state index contributed by atoms with van der Waals surface area (Å²) in [6.45, 7) is 3.51. The van der Waals surface area contributed by atoms with E-state index in [2.05, 4.69) is 0 Å². The van der Waals surface area contributed by atoms with Gasteiger partial charge in [-0.05, 0) is 13.8 Å². The third-order valence-corrected chi connectivity index (χ3v) is 3.29. The van der Waals surface area contributed by atoms with E-state index in [9.17, 15) is 5.11 Å². The van der Waals surface area contributed by atoms with Gasteiger partial charge in [-0.3, -0.25) is 0 Å². The normalized spacial score (nSPS) is 12.4. The summed E-state index contributed by atoms with van der Waals surface area (Å²) in [4.78, 5) is 0. The van der Waals surface area contributed by atoms with Crippen LogP contribution in [0.15, 0.2) is 0 Å². The largest absolute Gasteiger partial charge is 0.496 e. The fraction of sp³-hybridized carbons (Fsp3) is 0.500. The molecule has 0 aliphatic rings. The first-order valence-corrected chi connectivity index (χ1v) is 5.64. The molecular weight excluding hydrogens is 242 g/mol. The van der Waals surface area contributed by atoms with Gasteiger partial charge in [0, 0.05) is 16.7 Å². The fourth-order valence-corrected chi connectivity index (χ4v) is 2.28. The van der Waals surface area contributed by atoms with Gasteiger partial charge in [-0.25, -0.2) is 0 Å². The van der Waals surface area contributed by atoms with Gasteiger partial charge in [-0.1, -0.05) is 11.6 Å². The van der Waals surface area contributed by atoms with E-state index in [4.69, 9.17) is 26.8 Å². The smallest absolute Gasteiger partial charge is 0.141 e. The molecule has 0 aromatic heterocycles. The molecule has 4 nitrogen and oxygen atoms in total. The molecule has 1 aromatic rings. The molecule has 3 N–H and O–H groups in total. The lowest BCUT2D eigenvalue weighted by Crippen LogP contribution is -2.18. The van der Waals surface area contributed by atoms with Crippen molar-refractivity contribution in [3.63, 3.8) is 0 Å². The molecule has 96 valence electrons. The summed E-state index contributed by atoms with van der Waals surface area (Å²) in [7, 11) is 3.10. The van der Waals surface area contributed by atoms with Crippen molar-refractivity contribution in [3.05, 3.63) is 21.7 Å². The second kappa shape index (κ2) is 5.58. The molecule has 1 unspecified atom stereocenters. The van der Waals surface area contributed by atoms with Crippen molar-refractivity contribution in [1.29, 1.82) is 0 Å². The maximum atomic E-state index is 9.20. The molecular formula is C12H18ClNO3. The van der Waals surface area contributed by atoms with Crippen LogP contribution in [0.25, 0.3) is 0 Å². The van der Waals surface area contributed by atoms with E-state index >= 15 is 0 Å². The number of halogens is 1. The highest BCUT2D eigenvalue weighted by Crippen LogP contribution is 2.42. The van der Waals surface area contributed by atoms with Crippen LogP contribution < -0.4 is 15.2 Å². The summed E-state index contributed by atoms with van der Waals surface area (Å²) in [5, 5.41) is 9.71. The van der Waals surface area contributed by atoms with Crippen LogP contribution >= 0.6 is 11.6 Å². The fourth-order valence-electron chi connectivity index (χ4n) is 1.97. The van der Waals surface area contributed by atoms with Gasteiger partial charge >= 0.3 is 0 Å². The minimum Gasteiger partial charge on any atom is -0.496 e. The van der Waals surface area contributed by atoms with Gasteiger partial charge in [0.15, 0.2) is 0 Å². The predicted molar refractivity (Wildman–Crippen MR) is 68.0 cm³/mol. The molecule has 1 aromatic carbocycles. The summed E-state index contributed by atoms with van der Waals surface area (Å²) >= 11 is 6.19. The second-order valence-electron chi connectivity index (χ2n) is 3.83. The molecule has 5 heteroatoms. The maximum absolute atomic E-state index is 9.20. The summed E-state index contributed by atoms with van der Waals surface area (Å²) in [6.07, 6.45) is 0. The van der Waals surface area contributed by atoms with Gasteiger partial charge in [0.05, 0.1) is 31.9 Å². The minimum atomic E-state index is -0.519. The van der Waals surface area contributed by atoms with Gasteiger partial charge in [-0.2, -0.15) is 0 Å². The maximum Gasteiger partial charge on any atom is 0.141 e. The highest BCUT2D eigenvalue weighted by atomic mass is 35.5. The topological polar surface area (TPSA) is 64.7 Å². The zero-order valence-electron chi connectivity index (χ0n) is 10.5. The average Bonchev–Trinajstić information content (AvgIpc) is 2.33. The minimum absolute atomic E-state index is 0.165. The first-order valence-electron chi connectivity index (χ1n) is 5.26. The lowest BCUT2D eigenvalue weighted by molar-refractivity contribution is 0.263. The number of rotatable bonds is 4. The Morgan fingerprint density at radius 1 is 1.18 bits per heavy atom. The van der Waals surface area contributed by atoms with Crippen LogP contribution in [0.1, 0.15) is 22.7 Å². The number of aliphatic hydroxyl groups is 1. The number of hydrogen-bond donors (Lipinski definition) is 2. The Bertz CT molecular complexity index is 421. The molecule has 0 amide bonds. The lowest BCUT2D eigenvalue weighted by atomic mass is 9.97. The Hall–Kier alpha value is -0.970. The van der Waals surface area contributed by atoms with Crippen molar-refractivity contribution < 1.29 is 14.6 Å². The zero-order valence-corrected chi connectivity index (χ0v) is 11.3. The molecule has 0 fully saturated rings. The molecule has 0 aliphatic carbocycles. The van der Waals surface area contributed by atoms with Crippen molar-refractivity contribution in [3.8, 4) is 11.5 Å². The quantitative estimate of drug-likeness (QED) is 0.868. The van der Waals surface area contributed by atoms with Crippen molar-refractivity contribution in [2.24, 2.45) is 5.73 Å². The molecule has 1 rings (SSSR count). The van der Waals surface area contributed by atoms with E-state index in [1.807, 2.05) is 13.8 Å². The molecule has 0 heterocycles. The molecule has 0 spiro atoms. The molecule has 17 heavy (non-hydrogen) atoms. The van der Waals surface area contributed by atoms with Crippen LogP contribution in [0.4, 0.5) is 0 Å². The van der Waals surface area contributed by atoms with E-state index in [1.54, 1.807) is 14.2 Å². The van der Waals surface area contributed by atoms with Gasteiger partial charge in [0.2, 0.25) is 0 Å². The van der Waals surface area contributed by atoms with Crippen molar-refractivity contribution >= 4 is 11.6 Å². The van der Waals surface area contributed by atoms with Crippen LogP contribution in [0, 0.1) is 13.8 Å². The molecule has 0 saturated heterocycles. The zero-order chi connectivity index (χ0) is 13.2. The van der Waals surface area contributed by atoms with E-state index in [-0.39, 0.29) is 6.61 Å². The Morgan fingerprint density at radius 2 is 1.71 bits per heavy atom. The number of aliphatic hydroxyl groups excluding tert-OH is 1. The van der Waals surface area contributed by atoms with Crippen LogP contribution in [0.2, 0.25) is 5.02 Å². The molecule has 0 radical (unpaired) electrons. The standard InChI is InChI=1S/C12H18ClNO3/c1-6-9(8(14)5-15)11(16-3)7(2)10(13)12(6)17-4/h8,15H,5,14H2,1-4H3.